The van der Waals surface area contributed by atoms with Crippen LogP contribution in [0.25, 0.3) is 0 Å². The van der Waals surface area contributed by atoms with Gasteiger partial charge in [-0.05, 0) is 70.1 Å². The maximum Gasteiger partial charge on any atom is 0.0437 e. The smallest absolute Gasteiger partial charge is 0.0437 e. The van der Waals surface area contributed by atoms with Gasteiger partial charge in [0, 0.05) is 24.1 Å². The molecule has 0 amide bonds. The van der Waals surface area contributed by atoms with Crippen LogP contribution in [-0.4, -0.2) is 32.1 Å². The largest absolute Gasteiger partial charge is 0.399 e. The molecule has 0 fully saturated rings. The molecule has 1 atom stereocenters. The summed E-state index contributed by atoms with van der Waals surface area (Å²) in [5.41, 5.74) is 9.17. The minimum Gasteiger partial charge on any atom is -0.399 e. The molecule has 0 saturated heterocycles. The van der Waals surface area contributed by atoms with Crippen molar-refractivity contribution in [3.05, 3.63) is 36.0 Å². The van der Waals surface area contributed by atoms with Gasteiger partial charge in [0.15, 0.2) is 0 Å². The molecule has 2 N–H and O–H groups in total. The fourth-order valence-corrected chi connectivity index (χ4v) is 2.57. The molecule has 2 rings (SSSR count). The highest BCUT2D eigenvalue weighted by atomic mass is 15.1. The number of rotatable bonds is 4. The van der Waals surface area contributed by atoms with Crippen LogP contribution in [0.3, 0.4) is 0 Å². The lowest BCUT2D eigenvalue weighted by Gasteiger charge is -2.29. The molecule has 0 radical (unpaired) electrons. The van der Waals surface area contributed by atoms with Gasteiger partial charge in [-0.25, -0.2) is 0 Å². The molecule has 1 aliphatic rings. The first-order valence-corrected chi connectivity index (χ1v) is 7.02. The summed E-state index contributed by atoms with van der Waals surface area (Å²) in [7, 11) is 4.27. The Morgan fingerprint density at radius 2 is 2.16 bits per heavy atom. The van der Waals surface area contributed by atoms with Gasteiger partial charge in [0.25, 0.3) is 0 Å². The van der Waals surface area contributed by atoms with E-state index in [1.54, 1.807) is 0 Å². The third-order valence-electron chi connectivity index (χ3n) is 3.76. The summed E-state index contributed by atoms with van der Waals surface area (Å²) in [5, 5.41) is 0. The van der Waals surface area contributed by atoms with E-state index in [-0.39, 0.29) is 0 Å². The predicted octanol–water partition coefficient (Wildman–Crippen LogP) is 2.87. The van der Waals surface area contributed by atoms with E-state index in [1.807, 2.05) is 12.1 Å². The topological polar surface area (TPSA) is 32.5 Å². The minimum atomic E-state index is 0.715. The zero-order valence-corrected chi connectivity index (χ0v) is 12.3. The van der Waals surface area contributed by atoms with E-state index in [2.05, 4.69) is 49.2 Å². The highest BCUT2D eigenvalue weighted by Gasteiger charge is 2.15. The Morgan fingerprint density at radius 3 is 2.74 bits per heavy atom. The molecule has 0 aromatic heterocycles. The number of nitrogen functional groups attached to an aromatic ring is 1. The maximum absolute atomic E-state index is 5.81. The molecule has 19 heavy (non-hydrogen) atoms. The molecule has 1 unspecified atom stereocenters. The quantitative estimate of drug-likeness (QED) is 0.844. The van der Waals surface area contributed by atoms with E-state index in [4.69, 9.17) is 5.73 Å². The zero-order chi connectivity index (χ0) is 13.8. The number of nitrogens with zero attached hydrogens (tertiary/aromatic N) is 2. The number of anilines is 2. The second-order valence-corrected chi connectivity index (χ2v) is 5.72. The number of benzene rings is 1. The number of nitrogens with two attached hydrogens (primary N) is 1. The number of aryl methyl sites for hydroxylation is 1. The summed E-state index contributed by atoms with van der Waals surface area (Å²) in [5.74, 6) is 0.715. The van der Waals surface area contributed by atoms with Crippen LogP contribution in [0, 0.1) is 12.8 Å². The van der Waals surface area contributed by atoms with Gasteiger partial charge in [0.05, 0.1) is 0 Å². The van der Waals surface area contributed by atoms with Gasteiger partial charge in [-0.3, -0.25) is 0 Å². The summed E-state index contributed by atoms with van der Waals surface area (Å²) < 4.78 is 0. The van der Waals surface area contributed by atoms with Gasteiger partial charge in [0.1, 0.15) is 0 Å². The van der Waals surface area contributed by atoms with Crippen molar-refractivity contribution in [3.63, 3.8) is 0 Å². The first-order chi connectivity index (χ1) is 9.06. The fraction of sp³-hybridized carbons (Fsp3) is 0.500. The molecule has 0 spiro atoms. The fourth-order valence-electron chi connectivity index (χ4n) is 2.57. The first kappa shape index (κ1) is 13.9. The van der Waals surface area contributed by atoms with Gasteiger partial charge in [-0.15, -0.1) is 0 Å². The Labute approximate surface area is 116 Å². The van der Waals surface area contributed by atoms with Crippen molar-refractivity contribution in [2.75, 3.05) is 37.8 Å². The van der Waals surface area contributed by atoms with Gasteiger partial charge in [0.2, 0.25) is 0 Å². The van der Waals surface area contributed by atoms with Crippen LogP contribution in [0.5, 0.6) is 0 Å². The summed E-state index contributed by atoms with van der Waals surface area (Å²) in [6, 6.07) is 6.14. The van der Waals surface area contributed by atoms with E-state index in [0.717, 1.165) is 18.8 Å². The molecule has 0 bridgehead atoms. The minimum absolute atomic E-state index is 0.715. The van der Waals surface area contributed by atoms with E-state index >= 15 is 0 Å². The Hall–Kier alpha value is -1.48. The Kier molecular flexibility index (Phi) is 4.48. The molecule has 3 nitrogen and oxygen atoms in total. The summed E-state index contributed by atoms with van der Waals surface area (Å²) in [6.07, 6.45) is 7.07. The lowest BCUT2D eigenvalue weighted by Crippen LogP contribution is -2.26. The molecular formula is C16H25N3. The molecule has 1 aromatic rings. The third kappa shape index (κ3) is 3.74. The Balaban J connectivity index is 1.99. The summed E-state index contributed by atoms with van der Waals surface area (Å²) >= 11 is 0. The van der Waals surface area contributed by atoms with Crippen molar-refractivity contribution in [1.82, 2.24) is 4.90 Å². The van der Waals surface area contributed by atoms with Crippen LogP contribution in [0.15, 0.2) is 30.5 Å². The summed E-state index contributed by atoms with van der Waals surface area (Å²) in [4.78, 5) is 4.59. The van der Waals surface area contributed by atoms with Crippen molar-refractivity contribution in [2.24, 2.45) is 5.92 Å². The second kappa shape index (κ2) is 6.11. The van der Waals surface area contributed by atoms with Crippen LogP contribution >= 0.6 is 0 Å². The molecule has 1 aromatic carbocycles. The molecule has 3 heteroatoms. The molecular weight excluding hydrogens is 234 g/mol. The van der Waals surface area contributed by atoms with Crippen molar-refractivity contribution in [3.8, 4) is 0 Å². The van der Waals surface area contributed by atoms with Gasteiger partial charge in [-0.1, -0.05) is 6.08 Å². The Bertz CT molecular complexity index is 451. The standard InChI is InChI=1S/C16H25N3/c1-13-12-15(17)4-5-16(13)19-10-7-14(8-11-19)6-9-18(2)3/h4-5,7,10,12,14H,6,8-9,11,17H2,1-3H3. The first-order valence-electron chi connectivity index (χ1n) is 7.02. The average Bonchev–Trinajstić information content (AvgIpc) is 2.37. The van der Waals surface area contributed by atoms with Crippen molar-refractivity contribution >= 4 is 11.4 Å². The number of hydrogen-bond donors (Lipinski definition) is 1. The summed E-state index contributed by atoms with van der Waals surface area (Å²) in [6.45, 7) is 4.38. The van der Waals surface area contributed by atoms with Gasteiger partial charge < -0.3 is 15.5 Å². The normalized spacial score (nSPS) is 19.2. The average molecular weight is 259 g/mol. The predicted molar refractivity (Wildman–Crippen MR) is 83.4 cm³/mol. The van der Waals surface area contributed by atoms with Crippen LogP contribution in [0.2, 0.25) is 0 Å². The highest BCUT2D eigenvalue weighted by Crippen LogP contribution is 2.27. The monoisotopic (exact) mass is 259 g/mol. The molecule has 1 heterocycles. The van der Waals surface area contributed by atoms with Crippen LogP contribution < -0.4 is 10.6 Å². The zero-order valence-electron chi connectivity index (χ0n) is 12.3. The molecule has 0 aliphatic carbocycles. The Morgan fingerprint density at radius 1 is 1.37 bits per heavy atom. The van der Waals surface area contributed by atoms with Crippen LogP contribution in [-0.2, 0) is 0 Å². The van der Waals surface area contributed by atoms with Crippen molar-refractivity contribution < 1.29 is 0 Å². The number of hydrogen-bond acceptors (Lipinski definition) is 3. The second-order valence-electron chi connectivity index (χ2n) is 5.72. The van der Waals surface area contributed by atoms with Crippen molar-refractivity contribution in [2.45, 2.75) is 19.8 Å². The third-order valence-corrected chi connectivity index (χ3v) is 3.76. The lowest BCUT2D eigenvalue weighted by molar-refractivity contribution is 0.364. The highest BCUT2D eigenvalue weighted by molar-refractivity contribution is 5.60. The van der Waals surface area contributed by atoms with Crippen LogP contribution in [0.4, 0.5) is 11.4 Å². The van der Waals surface area contributed by atoms with E-state index < -0.39 is 0 Å². The molecule has 1 aliphatic heterocycles. The SMILES string of the molecule is Cc1cc(N)ccc1N1C=CC(CCN(C)C)CC1. The van der Waals surface area contributed by atoms with E-state index in [0.29, 0.717) is 5.92 Å². The lowest BCUT2D eigenvalue weighted by atomic mass is 9.97. The van der Waals surface area contributed by atoms with Crippen molar-refractivity contribution in [1.29, 1.82) is 0 Å². The van der Waals surface area contributed by atoms with Gasteiger partial charge in [-0.2, -0.15) is 0 Å². The van der Waals surface area contributed by atoms with Crippen LogP contribution in [0.1, 0.15) is 18.4 Å². The van der Waals surface area contributed by atoms with E-state index in [9.17, 15) is 0 Å². The molecule has 0 saturated carbocycles. The maximum atomic E-state index is 5.81. The van der Waals surface area contributed by atoms with E-state index in [1.165, 1.54) is 24.1 Å². The number of allylic oxidation sites excluding steroid dienone is 1. The molecule has 104 valence electrons. The van der Waals surface area contributed by atoms with Gasteiger partial charge >= 0.3 is 0 Å².